The van der Waals surface area contributed by atoms with Gasteiger partial charge in [-0.1, -0.05) is 42.5 Å². The van der Waals surface area contributed by atoms with Crippen molar-refractivity contribution >= 4 is 21.6 Å². The van der Waals surface area contributed by atoms with Gasteiger partial charge in [0.2, 0.25) is 0 Å². The molecule has 0 fully saturated rings. The van der Waals surface area contributed by atoms with Crippen molar-refractivity contribution in [3.8, 4) is 0 Å². The zero-order chi connectivity index (χ0) is 23.3. The van der Waals surface area contributed by atoms with E-state index in [1.54, 1.807) is 43.3 Å². The minimum atomic E-state index is -3.77. The lowest BCUT2D eigenvalue weighted by atomic mass is 10.1. The van der Waals surface area contributed by atoms with Gasteiger partial charge in [0.1, 0.15) is 0 Å². The van der Waals surface area contributed by atoms with Crippen molar-refractivity contribution in [2.75, 3.05) is 18.8 Å². The third-order valence-corrected chi connectivity index (χ3v) is 6.58. The molecule has 0 aliphatic heterocycles. The Balaban J connectivity index is 1.74. The van der Waals surface area contributed by atoms with Crippen molar-refractivity contribution < 1.29 is 13.2 Å². The molecule has 3 rings (SSSR count). The van der Waals surface area contributed by atoms with E-state index in [-0.39, 0.29) is 10.8 Å². The van der Waals surface area contributed by atoms with Crippen LogP contribution >= 0.6 is 0 Å². The Morgan fingerprint density at radius 2 is 1.62 bits per heavy atom. The Kier molecular flexibility index (Phi) is 7.33. The van der Waals surface area contributed by atoms with E-state index in [9.17, 15) is 13.2 Å². The number of hydrogen-bond donors (Lipinski definition) is 2. The van der Waals surface area contributed by atoms with Gasteiger partial charge >= 0.3 is 0 Å². The number of nitrogens with zero attached hydrogens (tertiary/aromatic N) is 1. The lowest BCUT2D eigenvalue weighted by molar-refractivity contribution is 0.0951. The summed E-state index contributed by atoms with van der Waals surface area (Å²) in [6, 6.07) is 19.8. The number of hydrogen-bond acceptors (Lipinski definition) is 4. The maximum absolute atomic E-state index is 12.9. The normalized spacial score (nSPS) is 11.4. The Labute approximate surface area is 190 Å². The van der Waals surface area contributed by atoms with Gasteiger partial charge in [0.15, 0.2) is 0 Å². The van der Waals surface area contributed by atoms with E-state index < -0.39 is 10.0 Å². The topological polar surface area (TPSA) is 78.5 Å². The molecule has 0 unspecified atom stereocenters. The molecule has 0 aromatic heterocycles. The molecule has 0 heterocycles. The molecular weight excluding hydrogens is 422 g/mol. The van der Waals surface area contributed by atoms with Crippen LogP contribution in [0.4, 0.5) is 5.69 Å². The van der Waals surface area contributed by atoms with Gasteiger partial charge in [0.25, 0.3) is 15.9 Å². The van der Waals surface area contributed by atoms with Gasteiger partial charge in [-0.3, -0.25) is 9.52 Å². The summed E-state index contributed by atoms with van der Waals surface area (Å²) in [5.74, 6) is -0.266. The molecule has 0 saturated heterocycles. The number of carbonyl (C=O) groups is 1. The summed E-state index contributed by atoms with van der Waals surface area (Å²) in [5.41, 5.74) is 4.43. The molecule has 0 radical (unpaired) electrons. The van der Waals surface area contributed by atoms with Crippen LogP contribution in [0.15, 0.2) is 71.6 Å². The second-order valence-electron chi connectivity index (χ2n) is 8.14. The second kappa shape index (κ2) is 9.97. The standard InChI is InChI=1S/C25H29N3O3S/c1-18-12-13-19(2)24(14-18)32(30,31)27-23-11-7-10-20(15-23)25(29)26-16-21-8-5-6-9-22(21)17-28(3)4/h5-15,27H,16-17H2,1-4H3,(H,26,29). The number of amides is 1. The van der Waals surface area contributed by atoms with Gasteiger partial charge in [-0.15, -0.1) is 0 Å². The number of benzene rings is 3. The number of aryl methyl sites for hydroxylation is 2. The summed E-state index contributed by atoms with van der Waals surface area (Å²) in [6.07, 6.45) is 0. The van der Waals surface area contributed by atoms with Gasteiger partial charge in [-0.2, -0.15) is 0 Å². The van der Waals surface area contributed by atoms with Crippen molar-refractivity contribution in [2.24, 2.45) is 0 Å². The van der Waals surface area contributed by atoms with Gasteiger partial charge in [0.05, 0.1) is 4.90 Å². The van der Waals surface area contributed by atoms with Crippen LogP contribution in [-0.4, -0.2) is 33.3 Å². The molecule has 0 aliphatic rings. The van der Waals surface area contributed by atoms with E-state index >= 15 is 0 Å². The summed E-state index contributed by atoms with van der Waals surface area (Å²) < 4.78 is 28.3. The number of anilines is 1. The fraction of sp³-hybridized carbons (Fsp3) is 0.240. The molecule has 3 aromatic carbocycles. The van der Waals surface area contributed by atoms with E-state index in [4.69, 9.17) is 0 Å². The molecule has 0 bridgehead atoms. The van der Waals surface area contributed by atoms with Crippen LogP contribution in [0.5, 0.6) is 0 Å². The highest BCUT2D eigenvalue weighted by molar-refractivity contribution is 7.92. The molecule has 1 amide bonds. The van der Waals surface area contributed by atoms with Crippen molar-refractivity contribution in [1.29, 1.82) is 0 Å². The lowest BCUT2D eigenvalue weighted by Gasteiger charge is -2.15. The molecule has 0 atom stereocenters. The average Bonchev–Trinajstić information content (AvgIpc) is 2.74. The molecule has 6 nitrogen and oxygen atoms in total. The van der Waals surface area contributed by atoms with E-state index in [2.05, 4.69) is 14.9 Å². The van der Waals surface area contributed by atoms with Crippen LogP contribution in [0, 0.1) is 13.8 Å². The van der Waals surface area contributed by atoms with Crippen molar-refractivity contribution in [2.45, 2.75) is 31.8 Å². The van der Waals surface area contributed by atoms with Crippen molar-refractivity contribution in [1.82, 2.24) is 10.2 Å². The quantitative estimate of drug-likeness (QED) is 0.541. The Hall–Kier alpha value is -3.16. The largest absolute Gasteiger partial charge is 0.348 e. The first-order valence-electron chi connectivity index (χ1n) is 10.4. The van der Waals surface area contributed by atoms with E-state index in [0.29, 0.717) is 23.4 Å². The summed E-state index contributed by atoms with van der Waals surface area (Å²) in [4.78, 5) is 15.0. The molecular formula is C25H29N3O3S. The molecule has 32 heavy (non-hydrogen) atoms. The van der Waals surface area contributed by atoms with E-state index in [0.717, 1.165) is 23.2 Å². The Morgan fingerprint density at radius 1 is 0.906 bits per heavy atom. The Morgan fingerprint density at radius 3 is 2.34 bits per heavy atom. The smallest absolute Gasteiger partial charge is 0.262 e. The lowest BCUT2D eigenvalue weighted by Crippen LogP contribution is -2.24. The molecule has 2 N–H and O–H groups in total. The maximum Gasteiger partial charge on any atom is 0.262 e. The SMILES string of the molecule is Cc1ccc(C)c(S(=O)(=O)Nc2cccc(C(=O)NCc3ccccc3CN(C)C)c2)c1. The first-order valence-corrected chi connectivity index (χ1v) is 11.8. The van der Waals surface area contributed by atoms with Crippen LogP contribution in [0.2, 0.25) is 0 Å². The second-order valence-corrected chi connectivity index (χ2v) is 9.80. The predicted octanol–water partition coefficient (Wildman–Crippen LogP) is 4.10. The average molecular weight is 452 g/mol. The first kappa shape index (κ1) is 23.5. The number of rotatable bonds is 8. The summed E-state index contributed by atoms with van der Waals surface area (Å²) >= 11 is 0. The molecule has 3 aromatic rings. The van der Waals surface area contributed by atoms with Crippen molar-refractivity contribution in [3.63, 3.8) is 0 Å². The van der Waals surface area contributed by atoms with E-state index in [1.807, 2.05) is 51.4 Å². The fourth-order valence-corrected chi connectivity index (χ4v) is 4.81. The van der Waals surface area contributed by atoms with Gasteiger partial charge in [0, 0.05) is 24.3 Å². The summed E-state index contributed by atoms with van der Waals surface area (Å²) in [7, 11) is 0.233. The van der Waals surface area contributed by atoms with Gasteiger partial charge in [-0.25, -0.2) is 8.42 Å². The molecule has 0 aliphatic carbocycles. The highest BCUT2D eigenvalue weighted by Crippen LogP contribution is 2.21. The molecule has 0 spiro atoms. The third kappa shape index (κ3) is 5.96. The highest BCUT2D eigenvalue weighted by atomic mass is 32.2. The van der Waals surface area contributed by atoms with Crippen LogP contribution in [0.1, 0.15) is 32.6 Å². The van der Waals surface area contributed by atoms with E-state index in [1.165, 1.54) is 0 Å². The molecule has 0 saturated carbocycles. The molecule has 168 valence electrons. The summed E-state index contributed by atoms with van der Waals surface area (Å²) in [5, 5.41) is 2.93. The minimum Gasteiger partial charge on any atom is -0.348 e. The zero-order valence-corrected chi connectivity index (χ0v) is 19.7. The first-order chi connectivity index (χ1) is 15.2. The zero-order valence-electron chi connectivity index (χ0n) is 18.8. The minimum absolute atomic E-state index is 0.227. The summed E-state index contributed by atoms with van der Waals surface area (Å²) in [6.45, 7) is 4.77. The fourth-order valence-electron chi connectivity index (χ4n) is 3.43. The van der Waals surface area contributed by atoms with Crippen LogP contribution in [0.3, 0.4) is 0 Å². The van der Waals surface area contributed by atoms with Crippen LogP contribution in [-0.2, 0) is 23.1 Å². The van der Waals surface area contributed by atoms with Crippen LogP contribution < -0.4 is 10.0 Å². The highest BCUT2D eigenvalue weighted by Gasteiger charge is 2.18. The van der Waals surface area contributed by atoms with Gasteiger partial charge < -0.3 is 10.2 Å². The maximum atomic E-state index is 12.9. The Bertz CT molecular complexity index is 1220. The number of sulfonamides is 1. The van der Waals surface area contributed by atoms with Crippen molar-refractivity contribution in [3.05, 3.63) is 94.5 Å². The third-order valence-electron chi connectivity index (χ3n) is 5.05. The van der Waals surface area contributed by atoms with Gasteiger partial charge in [-0.05, 0) is 74.5 Å². The van der Waals surface area contributed by atoms with Crippen LogP contribution in [0.25, 0.3) is 0 Å². The number of nitrogens with one attached hydrogen (secondary N) is 2. The number of carbonyl (C=O) groups excluding carboxylic acids is 1. The monoisotopic (exact) mass is 451 g/mol. The predicted molar refractivity (Wildman–Crippen MR) is 128 cm³/mol. The molecule has 7 heteroatoms.